The third-order valence-electron chi connectivity index (χ3n) is 2.82. The van der Waals surface area contributed by atoms with Crippen molar-refractivity contribution in [1.82, 2.24) is 10.3 Å². The van der Waals surface area contributed by atoms with E-state index >= 15 is 0 Å². The molecule has 0 unspecified atom stereocenters. The lowest BCUT2D eigenvalue weighted by Gasteiger charge is -2.07. The van der Waals surface area contributed by atoms with E-state index in [-0.39, 0.29) is 18.1 Å². The van der Waals surface area contributed by atoms with Crippen molar-refractivity contribution in [2.45, 2.75) is 20.3 Å². The van der Waals surface area contributed by atoms with Gasteiger partial charge in [0.05, 0.1) is 26.7 Å². The fourth-order valence-corrected chi connectivity index (χ4v) is 2.72. The Bertz CT molecular complexity index is 683. The highest BCUT2D eigenvalue weighted by molar-refractivity contribution is 7.18. The maximum atomic E-state index is 11.6. The summed E-state index contributed by atoms with van der Waals surface area (Å²) in [6.45, 7) is 4.39. The molecule has 0 fully saturated rings. The van der Waals surface area contributed by atoms with Gasteiger partial charge in [0, 0.05) is 12.6 Å². The molecule has 0 saturated carbocycles. The van der Waals surface area contributed by atoms with Crippen LogP contribution in [0.5, 0.6) is 0 Å². The molecule has 0 saturated heterocycles. The zero-order valence-corrected chi connectivity index (χ0v) is 12.6. The van der Waals surface area contributed by atoms with E-state index in [2.05, 4.69) is 15.6 Å². The maximum absolute atomic E-state index is 11.6. The molecule has 0 aliphatic heterocycles. The highest BCUT2D eigenvalue weighted by Crippen LogP contribution is 2.32. The molecule has 0 atom stereocenters. The molecule has 0 aliphatic rings. The molecule has 1 aromatic heterocycles. The molecule has 0 spiro atoms. The number of hydrogen-bond donors (Lipinski definition) is 2. The molecule has 0 aliphatic carbocycles. The van der Waals surface area contributed by atoms with Crippen LogP contribution in [-0.4, -0.2) is 28.9 Å². The zero-order chi connectivity index (χ0) is 15.4. The number of nitro groups is 1. The number of fused-ring (bicyclic) bond motifs is 1. The lowest BCUT2D eigenvalue weighted by atomic mass is 10.2. The summed E-state index contributed by atoms with van der Waals surface area (Å²) in [5.74, 6) is -0.194. The summed E-state index contributed by atoms with van der Waals surface area (Å²) in [7, 11) is 0. The summed E-state index contributed by atoms with van der Waals surface area (Å²) >= 11 is 1.41. The van der Waals surface area contributed by atoms with Crippen LogP contribution in [0.1, 0.15) is 18.4 Å². The van der Waals surface area contributed by atoms with Gasteiger partial charge in [-0.25, -0.2) is 4.98 Å². The van der Waals surface area contributed by atoms with Crippen LogP contribution in [0.2, 0.25) is 0 Å². The largest absolute Gasteiger partial charge is 0.370 e. The first-order valence-electron chi connectivity index (χ1n) is 6.57. The Kier molecular flexibility index (Phi) is 4.69. The third-order valence-corrected chi connectivity index (χ3v) is 3.75. The second-order valence-corrected chi connectivity index (χ2v) is 5.77. The number of benzene rings is 1. The first kappa shape index (κ1) is 15.2. The number of aryl methyl sites for hydroxylation is 1. The molecule has 8 heteroatoms. The Labute approximate surface area is 125 Å². The topological polar surface area (TPSA) is 97.2 Å². The highest BCUT2D eigenvalue weighted by atomic mass is 32.1. The van der Waals surface area contributed by atoms with Gasteiger partial charge in [-0.2, -0.15) is 0 Å². The summed E-state index contributed by atoms with van der Waals surface area (Å²) in [6.07, 6.45) is 0.843. The summed E-state index contributed by atoms with van der Waals surface area (Å²) in [6, 6.07) is 3.11. The minimum absolute atomic E-state index is 0.00450. The summed E-state index contributed by atoms with van der Waals surface area (Å²) < 4.78 is 0.764. The number of carbonyl (C=O) groups is 1. The van der Waals surface area contributed by atoms with Gasteiger partial charge in [-0.1, -0.05) is 6.92 Å². The fraction of sp³-hybridized carbons (Fsp3) is 0.385. The predicted molar refractivity (Wildman–Crippen MR) is 82.8 cm³/mol. The van der Waals surface area contributed by atoms with Crippen LogP contribution >= 0.6 is 11.3 Å². The van der Waals surface area contributed by atoms with E-state index in [0.29, 0.717) is 17.7 Å². The monoisotopic (exact) mass is 308 g/mol. The number of nitrogens with one attached hydrogen (secondary N) is 2. The number of hydrogen-bond acceptors (Lipinski definition) is 6. The standard InChI is InChI=1S/C13H16N4O3S/c1-3-4-14-13(18)7-15-9-5-10-12(21-8(2)16-10)6-11(9)17(19)20/h5-6,15H,3-4,7H2,1-2H3,(H,14,18). The maximum Gasteiger partial charge on any atom is 0.293 e. The lowest BCUT2D eigenvalue weighted by Crippen LogP contribution is -2.30. The van der Waals surface area contributed by atoms with E-state index in [0.717, 1.165) is 16.1 Å². The van der Waals surface area contributed by atoms with E-state index in [1.807, 2.05) is 13.8 Å². The molecule has 112 valence electrons. The lowest BCUT2D eigenvalue weighted by molar-refractivity contribution is -0.383. The second kappa shape index (κ2) is 6.49. The van der Waals surface area contributed by atoms with Crippen molar-refractivity contribution in [3.63, 3.8) is 0 Å². The number of rotatable bonds is 6. The van der Waals surface area contributed by atoms with E-state index in [4.69, 9.17) is 0 Å². The van der Waals surface area contributed by atoms with E-state index < -0.39 is 4.92 Å². The summed E-state index contributed by atoms with van der Waals surface area (Å²) in [4.78, 5) is 26.6. The molecule has 0 radical (unpaired) electrons. The molecule has 2 rings (SSSR count). The van der Waals surface area contributed by atoms with Crippen molar-refractivity contribution >= 4 is 38.8 Å². The van der Waals surface area contributed by atoms with Gasteiger partial charge in [-0.3, -0.25) is 14.9 Å². The third kappa shape index (κ3) is 3.66. The van der Waals surface area contributed by atoms with Crippen LogP contribution in [0.4, 0.5) is 11.4 Å². The normalized spacial score (nSPS) is 10.6. The SMILES string of the molecule is CCCNC(=O)CNc1cc2nc(C)sc2cc1[N+](=O)[O-]. The molecule has 1 aromatic carbocycles. The van der Waals surface area contributed by atoms with Crippen LogP contribution < -0.4 is 10.6 Å². The summed E-state index contributed by atoms with van der Waals surface area (Å²) in [5, 5.41) is 17.5. The molecule has 7 nitrogen and oxygen atoms in total. The average molecular weight is 308 g/mol. The average Bonchev–Trinajstić information content (AvgIpc) is 2.80. The molecular weight excluding hydrogens is 292 g/mol. The highest BCUT2D eigenvalue weighted by Gasteiger charge is 2.17. The van der Waals surface area contributed by atoms with Crippen molar-refractivity contribution in [3.8, 4) is 0 Å². The van der Waals surface area contributed by atoms with Gasteiger partial charge in [0.25, 0.3) is 5.69 Å². The minimum atomic E-state index is -0.458. The molecule has 2 N–H and O–H groups in total. The number of carbonyl (C=O) groups excluding carboxylic acids is 1. The Morgan fingerprint density at radius 2 is 2.24 bits per heavy atom. The molecule has 0 bridgehead atoms. The fourth-order valence-electron chi connectivity index (χ4n) is 1.87. The summed E-state index contributed by atoms with van der Waals surface area (Å²) in [5.41, 5.74) is 0.957. The van der Waals surface area contributed by atoms with E-state index in [9.17, 15) is 14.9 Å². The number of nitrogens with zero attached hydrogens (tertiary/aromatic N) is 2. The van der Waals surface area contributed by atoms with Gasteiger partial charge < -0.3 is 10.6 Å². The van der Waals surface area contributed by atoms with Crippen molar-refractivity contribution in [3.05, 3.63) is 27.3 Å². The van der Waals surface area contributed by atoms with Gasteiger partial charge in [0.15, 0.2) is 0 Å². The number of thiazole rings is 1. The van der Waals surface area contributed by atoms with Crippen molar-refractivity contribution in [1.29, 1.82) is 0 Å². The molecule has 1 heterocycles. The van der Waals surface area contributed by atoms with Crippen LogP contribution in [0.15, 0.2) is 12.1 Å². The van der Waals surface area contributed by atoms with Gasteiger partial charge in [0.2, 0.25) is 5.91 Å². The number of nitro benzene ring substituents is 1. The Hall–Kier alpha value is -2.22. The van der Waals surface area contributed by atoms with Crippen molar-refractivity contribution in [2.24, 2.45) is 0 Å². The van der Waals surface area contributed by atoms with Gasteiger partial charge in [-0.15, -0.1) is 11.3 Å². The Morgan fingerprint density at radius 1 is 1.48 bits per heavy atom. The van der Waals surface area contributed by atoms with Gasteiger partial charge in [0.1, 0.15) is 5.69 Å². The quantitative estimate of drug-likeness (QED) is 0.631. The van der Waals surface area contributed by atoms with Crippen LogP contribution in [-0.2, 0) is 4.79 Å². The minimum Gasteiger partial charge on any atom is -0.370 e. The smallest absolute Gasteiger partial charge is 0.293 e. The first-order chi connectivity index (χ1) is 10.0. The van der Waals surface area contributed by atoms with E-state index in [1.54, 1.807) is 6.07 Å². The van der Waals surface area contributed by atoms with Crippen molar-refractivity contribution < 1.29 is 9.72 Å². The molecule has 1 amide bonds. The zero-order valence-electron chi connectivity index (χ0n) is 11.8. The van der Waals surface area contributed by atoms with Crippen LogP contribution in [0, 0.1) is 17.0 Å². The molecule has 21 heavy (non-hydrogen) atoms. The Morgan fingerprint density at radius 3 is 2.90 bits per heavy atom. The van der Waals surface area contributed by atoms with Gasteiger partial charge in [-0.05, 0) is 19.4 Å². The molecular formula is C13H16N4O3S. The molecule has 2 aromatic rings. The van der Waals surface area contributed by atoms with Crippen molar-refractivity contribution in [2.75, 3.05) is 18.4 Å². The Balaban J connectivity index is 2.22. The first-order valence-corrected chi connectivity index (χ1v) is 7.39. The number of amides is 1. The second-order valence-electron chi connectivity index (χ2n) is 4.53. The van der Waals surface area contributed by atoms with E-state index in [1.165, 1.54) is 17.4 Å². The number of aromatic nitrogens is 1. The van der Waals surface area contributed by atoms with Crippen LogP contribution in [0.25, 0.3) is 10.2 Å². The van der Waals surface area contributed by atoms with Gasteiger partial charge >= 0.3 is 0 Å². The van der Waals surface area contributed by atoms with Crippen LogP contribution in [0.3, 0.4) is 0 Å². The predicted octanol–water partition coefficient (Wildman–Crippen LogP) is 2.45. The number of anilines is 1.